The molecule has 17 heavy (non-hydrogen) atoms. The molecule has 1 aromatic carbocycles. The molecule has 2 aliphatic rings. The maximum atomic E-state index is 11.8. The van der Waals surface area contributed by atoms with E-state index in [0.717, 1.165) is 11.3 Å². The van der Waals surface area contributed by atoms with Crippen molar-refractivity contribution in [1.29, 1.82) is 0 Å². The van der Waals surface area contributed by atoms with Crippen LogP contribution in [0.25, 0.3) is 0 Å². The number of carbonyl (C=O) groups is 1. The Hall–Kier alpha value is -1.51. The number of nitrogens with one attached hydrogen (secondary N) is 1. The van der Waals surface area contributed by atoms with Crippen LogP contribution in [0, 0.1) is 0 Å². The summed E-state index contributed by atoms with van der Waals surface area (Å²) in [6.45, 7) is 0. The van der Waals surface area contributed by atoms with Gasteiger partial charge < -0.3 is 10.1 Å². The average Bonchev–Trinajstić information content (AvgIpc) is 2.76. The summed E-state index contributed by atoms with van der Waals surface area (Å²) in [4.78, 5) is 11.8. The molecule has 3 heteroatoms. The van der Waals surface area contributed by atoms with Crippen molar-refractivity contribution >= 4 is 11.7 Å². The molecule has 1 N–H and O–H groups in total. The van der Waals surface area contributed by atoms with E-state index in [4.69, 9.17) is 4.74 Å². The van der Waals surface area contributed by atoms with Gasteiger partial charge in [-0.1, -0.05) is 18.9 Å². The monoisotopic (exact) mass is 231 g/mol. The first-order valence-electron chi connectivity index (χ1n) is 6.29. The topological polar surface area (TPSA) is 38.3 Å². The van der Waals surface area contributed by atoms with Crippen LogP contribution in [-0.2, 0) is 4.74 Å². The molecule has 1 fully saturated rings. The Bertz CT molecular complexity index is 456. The first kappa shape index (κ1) is 10.6. The van der Waals surface area contributed by atoms with Gasteiger partial charge in [0.05, 0.1) is 12.7 Å². The fourth-order valence-electron chi connectivity index (χ4n) is 3.23. The minimum atomic E-state index is -0.213. The highest BCUT2D eigenvalue weighted by Crippen LogP contribution is 2.45. The van der Waals surface area contributed by atoms with Crippen LogP contribution >= 0.6 is 0 Å². The number of rotatable bonds is 1. The van der Waals surface area contributed by atoms with Gasteiger partial charge >= 0.3 is 5.97 Å². The zero-order valence-electron chi connectivity index (χ0n) is 10.0. The minimum Gasteiger partial charge on any atom is -0.465 e. The third-order valence-electron chi connectivity index (χ3n) is 3.99. The van der Waals surface area contributed by atoms with E-state index in [1.165, 1.54) is 38.4 Å². The highest BCUT2D eigenvalue weighted by molar-refractivity contribution is 5.94. The molecular formula is C14H17NO2. The van der Waals surface area contributed by atoms with E-state index in [-0.39, 0.29) is 5.97 Å². The van der Waals surface area contributed by atoms with Crippen LogP contribution in [-0.4, -0.2) is 19.1 Å². The Morgan fingerprint density at radius 3 is 3.00 bits per heavy atom. The quantitative estimate of drug-likeness (QED) is 0.755. The Morgan fingerprint density at radius 1 is 1.35 bits per heavy atom. The second-order valence-electron chi connectivity index (χ2n) is 4.90. The lowest BCUT2D eigenvalue weighted by Gasteiger charge is -2.25. The van der Waals surface area contributed by atoms with E-state index in [1.54, 1.807) is 0 Å². The fraction of sp³-hybridized carbons (Fsp3) is 0.500. The van der Waals surface area contributed by atoms with Gasteiger partial charge in [0.1, 0.15) is 0 Å². The van der Waals surface area contributed by atoms with E-state index >= 15 is 0 Å². The summed E-state index contributed by atoms with van der Waals surface area (Å²) in [6.07, 6.45) is 4.94. The maximum Gasteiger partial charge on any atom is 0.338 e. The molecule has 0 radical (unpaired) electrons. The van der Waals surface area contributed by atoms with Crippen molar-refractivity contribution in [3.63, 3.8) is 0 Å². The van der Waals surface area contributed by atoms with Gasteiger partial charge in [0.25, 0.3) is 0 Å². The largest absolute Gasteiger partial charge is 0.465 e. The number of fused-ring (bicyclic) bond motifs is 3. The van der Waals surface area contributed by atoms with E-state index < -0.39 is 0 Å². The molecule has 0 bridgehead atoms. The van der Waals surface area contributed by atoms with Crippen molar-refractivity contribution in [3.8, 4) is 0 Å². The number of esters is 1. The van der Waals surface area contributed by atoms with Gasteiger partial charge in [0.15, 0.2) is 0 Å². The minimum absolute atomic E-state index is 0.213. The van der Waals surface area contributed by atoms with Crippen molar-refractivity contribution in [3.05, 3.63) is 29.3 Å². The number of hydrogen-bond donors (Lipinski definition) is 1. The lowest BCUT2D eigenvalue weighted by Crippen LogP contribution is -2.24. The summed E-state index contributed by atoms with van der Waals surface area (Å²) in [5.74, 6) is 0.281. The number of carbonyl (C=O) groups excluding carboxylic acids is 1. The zero-order chi connectivity index (χ0) is 11.8. The smallest absolute Gasteiger partial charge is 0.338 e. The van der Waals surface area contributed by atoms with Crippen molar-refractivity contribution in [2.45, 2.75) is 37.6 Å². The van der Waals surface area contributed by atoms with Crippen LogP contribution in [0.5, 0.6) is 0 Å². The number of hydrogen-bond acceptors (Lipinski definition) is 3. The number of benzene rings is 1. The highest BCUT2D eigenvalue weighted by Gasteiger charge is 2.36. The maximum absolute atomic E-state index is 11.8. The van der Waals surface area contributed by atoms with Crippen LogP contribution < -0.4 is 5.32 Å². The van der Waals surface area contributed by atoms with Gasteiger partial charge in [-0.3, -0.25) is 0 Å². The molecule has 0 aromatic heterocycles. The molecule has 0 amide bonds. The van der Waals surface area contributed by atoms with Crippen molar-refractivity contribution < 1.29 is 9.53 Å². The van der Waals surface area contributed by atoms with Crippen LogP contribution in [0.1, 0.15) is 47.5 Å². The van der Waals surface area contributed by atoms with Gasteiger partial charge in [0.2, 0.25) is 0 Å². The SMILES string of the molecule is COC(=O)c1cccc2c1C1CCCCC1N2. The van der Waals surface area contributed by atoms with Crippen LogP contribution in [0.4, 0.5) is 5.69 Å². The molecule has 0 spiro atoms. The standard InChI is InChI=1S/C14H17NO2/c1-17-14(16)10-6-4-8-12-13(10)9-5-2-3-7-11(9)15-12/h4,6,8-9,11,15H,2-3,5,7H2,1H3. The number of methoxy groups -OCH3 is 1. The molecule has 1 aliphatic carbocycles. The van der Waals surface area contributed by atoms with Crippen molar-refractivity contribution in [1.82, 2.24) is 0 Å². The van der Waals surface area contributed by atoms with E-state index in [9.17, 15) is 4.79 Å². The van der Waals surface area contributed by atoms with E-state index in [0.29, 0.717) is 12.0 Å². The second kappa shape index (κ2) is 4.06. The molecule has 2 unspecified atom stereocenters. The van der Waals surface area contributed by atoms with E-state index in [2.05, 4.69) is 11.4 Å². The molecule has 1 aliphatic heterocycles. The van der Waals surface area contributed by atoms with Gasteiger partial charge in [0, 0.05) is 17.6 Å². The summed E-state index contributed by atoms with van der Waals surface area (Å²) in [5, 5.41) is 3.55. The van der Waals surface area contributed by atoms with Crippen molar-refractivity contribution in [2.75, 3.05) is 12.4 Å². The summed E-state index contributed by atoms with van der Waals surface area (Å²) >= 11 is 0. The highest BCUT2D eigenvalue weighted by atomic mass is 16.5. The summed E-state index contributed by atoms with van der Waals surface area (Å²) in [5.41, 5.74) is 3.06. The molecule has 0 saturated heterocycles. The number of anilines is 1. The second-order valence-corrected chi connectivity index (χ2v) is 4.90. The van der Waals surface area contributed by atoms with Crippen molar-refractivity contribution in [2.24, 2.45) is 0 Å². The lowest BCUT2D eigenvalue weighted by molar-refractivity contribution is 0.0599. The molecule has 1 heterocycles. The van der Waals surface area contributed by atoms with Gasteiger partial charge in [-0.2, -0.15) is 0 Å². The lowest BCUT2D eigenvalue weighted by atomic mass is 9.81. The van der Waals surface area contributed by atoms with Crippen LogP contribution in [0.2, 0.25) is 0 Å². The Balaban J connectivity index is 2.05. The number of ether oxygens (including phenoxy) is 1. The summed E-state index contributed by atoms with van der Waals surface area (Å²) in [7, 11) is 1.45. The fourth-order valence-corrected chi connectivity index (χ4v) is 3.23. The first-order chi connectivity index (χ1) is 8.31. The third kappa shape index (κ3) is 1.61. The Labute approximate surface area is 101 Å². The Morgan fingerprint density at radius 2 is 2.18 bits per heavy atom. The van der Waals surface area contributed by atoms with E-state index in [1.807, 2.05) is 12.1 Å². The predicted octanol–water partition coefficient (Wildman–Crippen LogP) is 2.92. The van der Waals surface area contributed by atoms with Gasteiger partial charge in [-0.05, 0) is 30.5 Å². The van der Waals surface area contributed by atoms with Crippen LogP contribution in [0.15, 0.2) is 18.2 Å². The zero-order valence-corrected chi connectivity index (χ0v) is 10.0. The first-order valence-corrected chi connectivity index (χ1v) is 6.29. The molecule has 3 rings (SSSR count). The molecule has 90 valence electrons. The summed E-state index contributed by atoms with van der Waals surface area (Å²) in [6, 6.07) is 6.39. The average molecular weight is 231 g/mol. The molecule has 1 aromatic rings. The van der Waals surface area contributed by atoms with Gasteiger partial charge in [-0.25, -0.2) is 4.79 Å². The van der Waals surface area contributed by atoms with Crippen LogP contribution in [0.3, 0.4) is 0 Å². The predicted molar refractivity (Wildman–Crippen MR) is 66.4 cm³/mol. The molecule has 1 saturated carbocycles. The summed E-state index contributed by atoms with van der Waals surface area (Å²) < 4.78 is 4.87. The molecular weight excluding hydrogens is 214 g/mol. The normalized spacial score (nSPS) is 25.7. The molecule has 2 atom stereocenters. The third-order valence-corrected chi connectivity index (χ3v) is 3.99. The Kier molecular flexibility index (Phi) is 2.54. The molecule has 3 nitrogen and oxygen atoms in total. The van der Waals surface area contributed by atoms with Gasteiger partial charge in [-0.15, -0.1) is 0 Å².